The molecule has 0 saturated carbocycles. The van der Waals surface area contributed by atoms with E-state index >= 15 is 0 Å². The Balaban J connectivity index is 2.10. The molecule has 0 heteroatoms. The Kier molecular flexibility index (Phi) is 2.41. The number of hydrogen-bond acceptors (Lipinski definition) is 0. The van der Waals surface area contributed by atoms with E-state index in [0.29, 0.717) is 0 Å². The van der Waals surface area contributed by atoms with Crippen LogP contribution in [0.5, 0.6) is 0 Å². The average molecular weight is 218 g/mol. The molecule has 82 valence electrons. The molecular weight excluding hydrogens is 204 g/mol. The van der Waals surface area contributed by atoms with Gasteiger partial charge in [0.25, 0.3) is 0 Å². The van der Waals surface area contributed by atoms with Gasteiger partial charge in [-0.05, 0) is 40.8 Å². The summed E-state index contributed by atoms with van der Waals surface area (Å²) in [6.07, 6.45) is 4.51. The zero-order valence-electron chi connectivity index (χ0n) is 9.85. The fraction of sp³-hybridized carbons (Fsp3) is 0.0588. The van der Waals surface area contributed by atoms with Gasteiger partial charge in [0.05, 0.1) is 0 Å². The summed E-state index contributed by atoms with van der Waals surface area (Å²) >= 11 is 0. The molecule has 0 unspecified atom stereocenters. The van der Waals surface area contributed by atoms with Crippen molar-refractivity contribution in [1.82, 2.24) is 0 Å². The van der Waals surface area contributed by atoms with Crippen molar-refractivity contribution < 1.29 is 0 Å². The lowest BCUT2D eigenvalue weighted by molar-refractivity contribution is 1.57. The Morgan fingerprint density at radius 3 is 2.18 bits per heavy atom. The fourth-order valence-corrected chi connectivity index (χ4v) is 2.32. The van der Waals surface area contributed by atoms with Crippen LogP contribution >= 0.6 is 0 Å². The van der Waals surface area contributed by atoms with E-state index in [0.717, 1.165) is 0 Å². The highest BCUT2D eigenvalue weighted by Gasteiger charge is 2.13. The zero-order chi connectivity index (χ0) is 11.7. The highest BCUT2D eigenvalue weighted by molar-refractivity contribution is 6.01. The minimum atomic E-state index is 1.25. The van der Waals surface area contributed by atoms with Crippen LogP contribution in [0.4, 0.5) is 0 Å². The smallest absolute Gasteiger partial charge is 0.0108 e. The Bertz CT molecular complexity index is 601. The van der Waals surface area contributed by atoms with Gasteiger partial charge in [-0.3, -0.25) is 0 Å². The molecule has 0 bridgehead atoms. The second-order valence-electron chi connectivity index (χ2n) is 4.38. The van der Waals surface area contributed by atoms with Crippen molar-refractivity contribution in [2.24, 2.45) is 0 Å². The normalized spacial score (nSPS) is 15.8. The molecule has 0 radical (unpaired) electrons. The second-order valence-corrected chi connectivity index (χ2v) is 4.38. The third-order valence-electron chi connectivity index (χ3n) is 3.16. The molecule has 2 aromatic carbocycles. The summed E-state index contributed by atoms with van der Waals surface area (Å²) in [7, 11) is 0. The summed E-state index contributed by atoms with van der Waals surface area (Å²) in [5.41, 5.74) is 6.61. The van der Waals surface area contributed by atoms with E-state index in [1.807, 2.05) is 6.07 Å². The molecule has 0 spiro atoms. The van der Waals surface area contributed by atoms with E-state index < -0.39 is 0 Å². The Labute approximate surface area is 102 Å². The summed E-state index contributed by atoms with van der Waals surface area (Å²) in [5.74, 6) is 0. The van der Waals surface area contributed by atoms with Crippen LogP contribution in [-0.4, -0.2) is 0 Å². The van der Waals surface area contributed by atoms with Gasteiger partial charge in [0.2, 0.25) is 0 Å². The Morgan fingerprint density at radius 1 is 0.765 bits per heavy atom. The van der Waals surface area contributed by atoms with Crippen LogP contribution in [0.15, 0.2) is 60.7 Å². The second kappa shape index (κ2) is 4.06. The molecule has 0 heterocycles. The fourth-order valence-electron chi connectivity index (χ4n) is 2.32. The minimum Gasteiger partial charge on any atom is -0.0622 e. The van der Waals surface area contributed by atoms with Gasteiger partial charge in [0, 0.05) is 0 Å². The third-order valence-corrected chi connectivity index (χ3v) is 3.16. The van der Waals surface area contributed by atoms with Crippen LogP contribution in [0.1, 0.15) is 23.6 Å². The van der Waals surface area contributed by atoms with Crippen molar-refractivity contribution in [3.05, 3.63) is 77.4 Å². The number of allylic oxidation sites excluding steroid dienone is 3. The van der Waals surface area contributed by atoms with Gasteiger partial charge in [0.1, 0.15) is 0 Å². The van der Waals surface area contributed by atoms with E-state index in [4.69, 9.17) is 0 Å². The molecule has 0 aliphatic heterocycles. The van der Waals surface area contributed by atoms with E-state index in [-0.39, 0.29) is 0 Å². The largest absolute Gasteiger partial charge is 0.0622 e. The van der Waals surface area contributed by atoms with Crippen LogP contribution in [0, 0.1) is 0 Å². The van der Waals surface area contributed by atoms with Gasteiger partial charge >= 0.3 is 0 Å². The molecule has 0 aromatic heterocycles. The molecule has 0 amide bonds. The standard InChI is InChI=1S/C17H14/c1-13-11-15(12-14-7-3-2-4-8-14)17-10-6-5-9-16(13)17/h2-12H,1H3. The summed E-state index contributed by atoms with van der Waals surface area (Å²) in [4.78, 5) is 0. The quantitative estimate of drug-likeness (QED) is 0.654. The monoisotopic (exact) mass is 218 g/mol. The SMILES string of the molecule is CC1=CC(=Cc2ccccc2)c2ccccc21. The molecule has 0 N–H and O–H groups in total. The van der Waals surface area contributed by atoms with Crippen molar-refractivity contribution in [3.8, 4) is 0 Å². The van der Waals surface area contributed by atoms with Crippen molar-refractivity contribution in [2.45, 2.75) is 6.92 Å². The molecule has 0 atom stereocenters. The van der Waals surface area contributed by atoms with E-state index in [9.17, 15) is 0 Å². The molecule has 3 rings (SSSR count). The first-order valence-corrected chi connectivity index (χ1v) is 5.89. The van der Waals surface area contributed by atoms with Gasteiger partial charge in [-0.25, -0.2) is 0 Å². The predicted molar refractivity (Wildman–Crippen MR) is 74.4 cm³/mol. The van der Waals surface area contributed by atoms with Crippen LogP contribution < -0.4 is 0 Å². The van der Waals surface area contributed by atoms with Gasteiger partial charge in [0.15, 0.2) is 0 Å². The number of hydrogen-bond donors (Lipinski definition) is 0. The highest BCUT2D eigenvalue weighted by atomic mass is 14.2. The maximum Gasteiger partial charge on any atom is -0.0108 e. The van der Waals surface area contributed by atoms with Gasteiger partial charge in [-0.2, -0.15) is 0 Å². The van der Waals surface area contributed by atoms with Crippen molar-refractivity contribution >= 4 is 17.2 Å². The Morgan fingerprint density at radius 2 is 1.41 bits per heavy atom. The zero-order valence-corrected chi connectivity index (χ0v) is 9.85. The van der Waals surface area contributed by atoms with E-state index in [1.165, 1.54) is 27.8 Å². The highest BCUT2D eigenvalue weighted by Crippen LogP contribution is 2.35. The lowest BCUT2D eigenvalue weighted by atomic mass is 10.0. The summed E-state index contributed by atoms with van der Waals surface area (Å²) < 4.78 is 0. The lowest BCUT2D eigenvalue weighted by Crippen LogP contribution is -1.81. The average Bonchev–Trinajstić information content (AvgIpc) is 2.69. The first-order chi connectivity index (χ1) is 8.34. The number of rotatable bonds is 1. The lowest BCUT2D eigenvalue weighted by Gasteiger charge is -2.01. The molecule has 2 aromatic rings. The maximum atomic E-state index is 2.26. The van der Waals surface area contributed by atoms with Crippen molar-refractivity contribution in [1.29, 1.82) is 0 Å². The van der Waals surface area contributed by atoms with Crippen LogP contribution in [0.25, 0.3) is 17.2 Å². The van der Waals surface area contributed by atoms with Crippen LogP contribution in [-0.2, 0) is 0 Å². The first-order valence-electron chi connectivity index (χ1n) is 5.89. The van der Waals surface area contributed by atoms with Gasteiger partial charge in [-0.1, -0.05) is 60.7 Å². The number of fused-ring (bicyclic) bond motifs is 1. The molecule has 0 fully saturated rings. The van der Waals surface area contributed by atoms with Crippen molar-refractivity contribution in [3.63, 3.8) is 0 Å². The molecule has 0 saturated heterocycles. The molecular formula is C17H14. The van der Waals surface area contributed by atoms with E-state index in [2.05, 4.69) is 67.6 Å². The Hall–Kier alpha value is -2.08. The summed E-state index contributed by atoms with van der Waals surface area (Å²) in [6.45, 7) is 2.17. The third kappa shape index (κ3) is 1.83. The molecule has 1 aliphatic carbocycles. The van der Waals surface area contributed by atoms with Gasteiger partial charge in [-0.15, -0.1) is 0 Å². The molecule has 0 nitrogen and oxygen atoms in total. The van der Waals surface area contributed by atoms with E-state index in [1.54, 1.807) is 0 Å². The van der Waals surface area contributed by atoms with Gasteiger partial charge < -0.3 is 0 Å². The van der Waals surface area contributed by atoms with Crippen molar-refractivity contribution in [2.75, 3.05) is 0 Å². The minimum absolute atomic E-state index is 1.25. The first kappa shape index (κ1) is 10.1. The maximum absolute atomic E-state index is 2.26. The van der Waals surface area contributed by atoms with Crippen LogP contribution in [0.2, 0.25) is 0 Å². The molecule has 17 heavy (non-hydrogen) atoms. The summed E-state index contributed by atoms with van der Waals surface area (Å²) in [5, 5.41) is 0. The summed E-state index contributed by atoms with van der Waals surface area (Å²) in [6, 6.07) is 19.0. The molecule has 1 aliphatic rings. The predicted octanol–water partition coefficient (Wildman–Crippen LogP) is 4.64. The van der Waals surface area contributed by atoms with Crippen LogP contribution in [0.3, 0.4) is 0 Å². The number of benzene rings is 2. The topological polar surface area (TPSA) is 0 Å².